The second-order valence-electron chi connectivity index (χ2n) is 3.32. The summed E-state index contributed by atoms with van der Waals surface area (Å²) in [6, 6.07) is 0.722. The number of likely N-dealkylation sites (tertiary alicyclic amines) is 1. The standard InChI is InChI=1S/C8H17NO.CH4/c1-7-4-8(6-10-3)5-9(7)2;/h7-9H,2,4-6H2,1,3H3;1H4. The van der Waals surface area contributed by atoms with Crippen LogP contribution in [0.25, 0.3) is 0 Å². The second kappa shape index (κ2) is 4.73. The van der Waals surface area contributed by atoms with Gasteiger partial charge in [0.05, 0.1) is 19.2 Å². The van der Waals surface area contributed by atoms with E-state index < -0.39 is 0 Å². The van der Waals surface area contributed by atoms with Crippen molar-refractivity contribution in [3.8, 4) is 0 Å². The molecule has 0 aliphatic carbocycles. The Bertz CT molecular complexity index is 95.7. The van der Waals surface area contributed by atoms with Gasteiger partial charge in [-0.15, -0.1) is 0 Å². The van der Waals surface area contributed by atoms with Gasteiger partial charge < -0.3 is 9.64 Å². The van der Waals surface area contributed by atoms with Crippen LogP contribution in [0.15, 0.2) is 0 Å². The molecule has 0 saturated carbocycles. The van der Waals surface area contributed by atoms with Gasteiger partial charge in [-0.1, -0.05) is 7.43 Å². The average molecular weight is 159 g/mol. The van der Waals surface area contributed by atoms with Crippen LogP contribution in [0.1, 0.15) is 20.8 Å². The summed E-state index contributed by atoms with van der Waals surface area (Å²) in [6.45, 7) is 4.33. The number of hydrogen-bond acceptors (Lipinski definition) is 1. The fourth-order valence-corrected chi connectivity index (χ4v) is 1.68. The fourth-order valence-electron chi connectivity index (χ4n) is 1.68. The number of rotatable bonds is 2. The first-order valence-electron chi connectivity index (χ1n) is 3.90. The molecule has 3 unspecified atom stereocenters. The third-order valence-corrected chi connectivity index (χ3v) is 2.34. The number of ether oxygens (including phenoxy) is 1. The van der Waals surface area contributed by atoms with Crippen molar-refractivity contribution in [1.29, 1.82) is 0 Å². The highest BCUT2D eigenvalue weighted by Gasteiger charge is 2.26. The summed E-state index contributed by atoms with van der Waals surface area (Å²) in [5.74, 6) is 0.743. The van der Waals surface area contributed by atoms with Crippen LogP contribution in [-0.2, 0) is 4.74 Å². The van der Waals surface area contributed by atoms with Crippen LogP contribution < -0.4 is 4.90 Å². The third-order valence-electron chi connectivity index (χ3n) is 2.34. The molecule has 3 atom stereocenters. The molecule has 0 bridgehead atoms. The van der Waals surface area contributed by atoms with Crippen LogP contribution in [0, 0.1) is 13.0 Å². The summed E-state index contributed by atoms with van der Waals surface area (Å²) in [7, 11) is 5.78. The van der Waals surface area contributed by atoms with Crippen LogP contribution in [0.2, 0.25) is 0 Å². The Morgan fingerprint density at radius 2 is 2.27 bits per heavy atom. The zero-order valence-electron chi connectivity index (χ0n) is 6.89. The van der Waals surface area contributed by atoms with Crippen LogP contribution in [0.3, 0.4) is 0 Å². The van der Waals surface area contributed by atoms with Gasteiger partial charge in [0.15, 0.2) is 0 Å². The van der Waals surface area contributed by atoms with E-state index in [2.05, 4.69) is 14.0 Å². The smallest absolute Gasteiger partial charge is 0.0612 e. The largest absolute Gasteiger partial charge is 0.465 e. The minimum absolute atomic E-state index is 0. The van der Waals surface area contributed by atoms with Crippen molar-refractivity contribution in [3.05, 3.63) is 7.05 Å². The number of quaternary nitrogens is 1. The zero-order valence-corrected chi connectivity index (χ0v) is 6.89. The Labute approximate surface area is 70.5 Å². The molecule has 11 heavy (non-hydrogen) atoms. The normalized spacial score (nSPS) is 36.8. The van der Waals surface area contributed by atoms with Crippen molar-refractivity contribution in [1.82, 2.24) is 0 Å². The van der Waals surface area contributed by atoms with Crippen molar-refractivity contribution < 1.29 is 9.64 Å². The van der Waals surface area contributed by atoms with Crippen molar-refractivity contribution in [2.45, 2.75) is 26.8 Å². The van der Waals surface area contributed by atoms with Crippen molar-refractivity contribution >= 4 is 0 Å². The SMILES string of the molecule is C.[CH2-][NH+]1CC(COC)CC1C. The molecule has 1 heterocycles. The molecular weight excluding hydrogens is 138 g/mol. The summed E-state index contributed by atoms with van der Waals surface area (Å²) >= 11 is 0. The average Bonchev–Trinajstić information content (AvgIpc) is 2.14. The third kappa shape index (κ3) is 2.80. The van der Waals surface area contributed by atoms with Gasteiger partial charge in [-0.25, -0.2) is 0 Å². The fraction of sp³-hybridized carbons (Fsp3) is 0.889. The molecule has 1 aliphatic heterocycles. The van der Waals surface area contributed by atoms with Gasteiger partial charge in [-0.05, 0) is 6.92 Å². The first kappa shape index (κ1) is 10.9. The lowest BCUT2D eigenvalue weighted by molar-refractivity contribution is -0.865. The van der Waals surface area contributed by atoms with E-state index in [1.807, 2.05) is 0 Å². The van der Waals surface area contributed by atoms with Gasteiger partial charge >= 0.3 is 0 Å². The van der Waals surface area contributed by atoms with Crippen molar-refractivity contribution in [2.75, 3.05) is 20.3 Å². The lowest BCUT2D eigenvalue weighted by Gasteiger charge is -2.18. The van der Waals surface area contributed by atoms with E-state index in [1.165, 1.54) is 17.9 Å². The summed E-state index contributed by atoms with van der Waals surface area (Å²) in [4.78, 5) is 1.40. The summed E-state index contributed by atoms with van der Waals surface area (Å²) in [5.41, 5.74) is 0. The van der Waals surface area contributed by atoms with Crippen LogP contribution in [0.5, 0.6) is 0 Å². The zero-order chi connectivity index (χ0) is 7.56. The van der Waals surface area contributed by atoms with Crippen LogP contribution >= 0.6 is 0 Å². The Hall–Kier alpha value is -0.0800. The predicted molar refractivity (Wildman–Crippen MR) is 47.4 cm³/mol. The predicted octanol–water partition coefficient (Wildman–Crippen LogP) is 0.354. The maximum absolute atomic E-state index is 5.08. The van der Waals surface area contributed by atoms with Gasteiger partial charge in [-0.2, -0.15) is 7.05 Å². The first-order valence-corrected chi connectivity index (χ1v) is 3.90. The van der Waals surface area contributed by atoms with E-state index in [4.69, 9.17) is 4.74 Å². The van der Waals surface area contributed by atoms with Gasteiger partial charge in [0, 0.05) is 19.4 Å². The Morgan fingerprint density at radius 3 is 2.64 bits per heavy atom. The summed E-state index contributed by atoms with van der Waals surface area (Å²) < 4.78 is 5.08. The van der Waals surface area contributed by atoms with E-state index in [0.717, 1.165) is 18.6 Å². The lowest BCUT2D eigenvalue weighted by atomic mass is 10.1. The van der Waals surface area contributed by atoms with Gasteiger partial charge in [0.25, 0.3) is 0 Å². The van der Waals surface area contributed by atoms with E-state index >= 15 is 0 Å². The highest BCUT2D eigenvalue weighted by molar-refractivity contribution is 4.67. The van der Waals surface area contributed by atoms with E-state index in [1.54, 1.807) is 7.11 Å². The lowest BCUT2D eigenvalue weighted by Crippen LogP contribution is -3.08. The maximum Gasteiger partial charge on any atom is 0.0612 e. The van der Waals surface area contributed by atoms with Crippen LogP contribution in [-0.4, -0.2) is 26.3 Å². The van der Waals surface area contributed by atoms with E-state index in [-0.39, 0.29) is 7.43 Å². The van der Waals surface area contributed by atoms with Crippen molar-refractivity contribution in [3.63, 3.8) is 0 Å². The minimum atomic E-state index is 0. The number of methoxy groups -OCH3 is 1. The molecule has 1 fully saturated rings. The summed E-state index contributed by atoms with van der Waals surface area (Å²) in [6.07, 6.45) is 1.27. The monoisotopic (exact) mass is 159 g/mol. The topological polar surface area (TPSA) is 13.7 Å². The molecule has 0 radical (unpaired) electrons. The van der Waals surface area contributed by atoms with E-state index in [9.17, 15) is 0 Å². The Balaban J connectivity index is 0.000001000. The first-order chi connectivity index (χ1) is 4.74. The molecule has 1 rings (SSSR count). The molecule has 0 aromatic heterocycles. The molecule has 2 nitrogen and oxygen atoms in total. The van der Waals surface area contributed by atoms with Gasteiger partial charge in [-0.3, -0.25) is 0 Å². The molecule has 68 valence electrons. The molecule has 0 amide bonds. The molecule has 0 aromatic rings. The molecule has 0 spiro atoms. The Morgan fingerprint density at radius 1 is 1.64 bits per heavy atom. The highest BCUT2D eigenvalue weighted by Crippen LogP contribution is 2.08. The van der Waals surface area contributed by atoms with Gasteiger partial charge in [0.1, 0.15) is 0 Å². The minimum Gasteiger partial charge on any atom is -0.465 e. The highest BCUT2D eigenvalue weighted by atomic mass is 16.5. The van der Waals surface area contributed by atoms with Crippen LogP contribution in [0.4, 0.5) is 0 Å². The Kier molecular flexibility index (Phi) is 4.69. The summed E-state index contributed by atoms with van der Waals surface area (Å²) in [5, 5.41) is 0. The molecule has 1 aliphatic rings. The molecule has 1 saturated heterocycles. The molecule has 2 heteroatoms. The van der Waals surface area contributed by atoms with Crippen molar-refractivity contribution in [2.24, 2.45) is 5.92 Å². The second-order valence-corrected chi connectivity index (χ2v) is 3.32. The number of hydrogen-bond donors (Lipinski definition) is 1. The van der Waals surface area contributed by atoms with E-state index in [0.29, 0.717) is 0 Å². The molecule has 0 aromatic carbocycles. The maximum atomic E-state index is 5.08. The number of nitrogens with one attached hydrogen (secondary N) is 1. The molecular formula is C9H21NO. The molecule has 1 N–H and O–H groups in total. The quantitative estimate of drug-likeness (QED) is 0.574. The van der Waals surface area contributed by atoms with Gasteiger partial charge in [0.2, 0.25) is 0 Å².